The summed E-state index contributed by atoms with van der Waals surface area (Å²) in [6.45, 7) is 4.18. The zero-order valence-electron chi connectivity index (χ0n) is 11.5. The van der Waals surface area contributed by atoms with Crippen LogP contribution in [0.25, 0.3) is 0 Å². The second kappa shape index (κ2) is 5.14. The average molecular weight is 279 g/mol. The van der Waals surface area contributed by atoms with E-state index >= 15 is 0 Å². The van der Waals surface area contributed by atoms with Crippen LogP contribution in [-0.4, -0.2) is 42.9 Å². The highest BCUT2D eigenvalue weighted by molar-refractivity contribution is 5.94. The maximum absolute atomic E-state index is 13.4. The number of halogens is 1. The largest absolute Gasteiger partial charge is 0.347 e. The van der Waals surface area contributed by atoms with Crippen LogP contribution in [0.4, 0.5) is 4.39 Å². The first-order chi connectivity index (χ1) is 9.58. The van der Waals surface area contributed by atoms with Crippen LogP contribution in [0.15, 0.2) is 18.2 Å². The molecule has 1 amide bonds. The molecule has 108 valence electrons. The second-order valence-electron chi connectivity index (χ2n) is 5.42. The molecule has 2 aliphatic rings. The minimum Gasteiger partial charge on any atom is -0.347 e. The van der Waals surface area contributed by atoms with Gasteiger partial charge in [-0.05, 0) is 30.7 Å². The van der Waals surface area contributed by atoms with Gasteiger partial charge in [-0.15, -0.1) is 0 Å². The first-order valence-electron chi connectivity index (χ1n) is 6.92. The number of carbonyl (C=O) groups is 1. The van der Waals surface area contributed by atoms with Gasteiger partial charge in [-0.25, -0.2) is 4.39 Å². The van der Waals surface area contributed by atoms with Crippen molar-refractivity contribution in [2.45, 2.75) is 25.6 Å². The maximum Gasteiger partial charge on any atom is 0.253 e. The Labute approximate surface area is 117 Å². The lowest BCUT2D eigenvalue weighted by atomic mass is 10.0. The maximum atomic E-state index is 13.4. The van der Waals surface area contributed by atoms with E-state index in [0.29, 0.717) is 44.7 Å². The molecule has 0 aliphatic carbocycles. The predicted octanol–water partition coefficient (Wildman–Crippen LogP) is 2.11. The predicted molar refractivity (Wildman–Crippen MR) is 70.9 cm³/mol. The van der Waals surface area contributed by atoms with Gasteiger partial charge in [-0.3, -0.25) is 4.79 Å². The first-order valence-corrected chi connectivity index (χ1v) is 6.92. The van der Waals surface area contributed by atoms with Gasteiger partial charge in [0.15, 0.2) is 5.79 Å². The molecule has 2 saturated heterocycles. The van der Waals surface area contributed by atoms with E-state index in [-0.39, 0.29) is 11.7 Å². The smallest absolute Gasteiger partial charge is 0.253 e. The van der Waals surface area contributed by atoms with Gasteiger partial charge in [0.25, 0.3) is 5.91 Å². The van der Waals surface area contributed by atoms with Gasteiger partial charge in [0.05, 0.1) is 13.2 Å². The summed E-state index contributed by atoms with van der Waals surface area (Å²) in [5, 5.41) is 0. The summed E-state index contributed by atoms with van der Waals surface area (Å²) in [7, 11) is 0. The molecule has 3 rings (SSSR count). The van der Waals surface area contributed by atoms with Crippen LogP contribution in [0.2, 0.25) is 0 Å². The molecule has 1 aromatic rings. The molecule has 0 bridgehead atoms. The zero-order chi connectivity index (χ0) is 14.2. The molecule has 0 atom stereocenters. The third kappa shape index (κ3) is 2.55. The molecule has 2 aliphatic heterocycles. The topological polar surface area (TPSA) is 38.8 Å². The van der Waals surface area contributed by atoms with E-state index in [9.17, 15) is 9.18 Å². The van der Waals surface area contributed by atoms with E-state index in [2.05, 4.69) is 0 Å². The SMILES string of the molecule is Cc1cc(F)cc(C(=O)N2CCC3(CC2)OCCO3)c1. The molecule has 0 aromatic heterocycles. The van der Waals surface area contributed by atoms with Gasteiger partial charge in [0.1, 0.15) is 5.82 Å². The number of carbonyl (C=O) groups excluding carboxylic acids is 1. The van der Waals surface area contributed by atoms with Crippen molar-refractivity contribution in [2.24, 2.45) is 0 Å². The van der Waals surface area contributed by atoms with Crippen LogP contribution in [0.3, 0.4) is 0 Å². The molecular formula is C15H18FNO3. The van der Waals surface area contributed by atoms with Gasteiger partial charge in [-0.1, -0.05) is 0 Å². The Balaban J connectivity index is 1.69. The van der Waals surface area contributed by atoms with Crippen molar-refractivity contribution in [3.8, 4) is 0 Å². The van der Waals surface area contributed by atoms with E-state index in [1.54, 1.807) is 17.9 Å². The molecule has 2 heterocycles. The Morgan fingerprint density at radius 1 is 1.20 bits per heavy atom. The number of rotatable bonds is 1. The summed E-state index contributed by atoms with van der Waals surface area (Å²) in [6, 6.07) is 4.43. The van der Waals surface area contributed by atoms with Crippen molar-refractivity contribution < 1.29 is 18.7 Å². The Bertz CT molecular complexity index is 496. The highest BCUT2D eigenvalue weighted by Crippen LogP contribution is 2.31. The Kier molecular flexibility index (Phi) is 3.48. The number of piperidine rings is 1. The van der Waals surface area contributed by atoms with Gasteiger partial charge >= 0.3 is 0 Å². The summed E-state index contributed by atoms with van der Waals surface area (Å²) in [4.78, 5) is 14.1. The van der Waals surface area contributed by atoms with Crippen molar-refractivity contribution in [1.29, 1.82) is 0 Å². The van der Waals surface area contributed by atoms with Crippen LogP contribution in [-0.2, 0) is 9.47 Å². The molecule has 4 nitrogen and oxygen atoms in total. The Morgan fingerprint density at radius 3 is 2.45 bits per heavy atom. The third-order valence-electron chi connectivity index (χ3n) is 3.92. The molecule has 0 unspecified atom stereocenters. The van der Waals surface area contributed by atoms with E-state index in [4.69, 9.17) is 9.47 Å². The molecule has 20 heavy (non-hydrogen) atoms. The lowest BCUT2D eigenvalue weighted by Gasteiger charge is -2.37. The van der Waals surface area contributed by atoms with Crippen molar-refractivity contribution in [3.05, 3.63) is 35.1 Å². The van der Waals surface area contributed by atoms with Crippen LogP contribution in [0.1, 0.15) is 28.8 Å². The zero-order valence-corrected chi connectivity index (χ0v) is 11.5. The quantitative estimate of drug-likeness (QED) is 0.790. The number of likely N-dealkylation sites (tertiary alicyclic amines) is 1. The molecule has 5 heteroatoms. The van der Waals surface area contributed by atoms with Gasteiger partial charge in [-0.2, -0.15) is 0 Å². The van der Waals surface area contributed by atoms with Crippen molar-refractivity contribution in [1.82, 2.24) is 4.90 Å². The number of hydrogen-bond donors (Lipinski definition) is 0. The number of hydrogen-bond acceptors (Lipinski definition) is 3. The Hall–Kier alpha value is -1.46. The lowest BCUT2D eigenvalue weighted by molar-refractivity contribution is -0.181. The van der Waals surface area contributed by atoms with Crippen molar-refractivity contribution >= 4 is 5.91 Å². The molecule has 1 spiro atoms. The van der Waals surface area contributed by atoms with Gasteiger partial charge in [0, 0.05) is 31.5 Å². The van der Waals surface area contributed by atoms with Crippen LogP contribution >= 0.6 is 0 Å². The molecular weight excluding hydrogens is 261 g/mol. The number of amides is 1. The fourth-order valence-electron chi connectivity index (χ4n) is 2.88. The van der Waals surface area contributed by atoms with Crippen molar-refractivity contribution in [2.75, 3.05) is 26.3 Å². The normalized spacial score (nSPS) is 21.4. The monoisotopic (exact) mass is 279 g/mol. The molecule has 0 saturated carbocycles. The standard InChI is InChI=1S/C15H18FNO3/c1-11-8-12(10-13(16)9-11)14(18)17-4-2-15(3-5-17)19-6-7-20-15/h8-10H,2-7H2,1H3. The average Bonchev–Trinajstić information content (AvgIpc) is 2.86. The minimum atomic E-state index is -0.491. The van der Waals surface area contributed by atoms with Crippen LogP contribution < -0.4 is 0 Å². The van der Waals surface area contributed by atoms with Crippen LogP contribution in [0.5, 0.6) is 0 Å². The highest BCUT2D eigenvalue weighted by Gasteiger charge is 2.40. The first kappa shape index (κ1) is 13.5. The summed E-state index contributed by atoms with van der Waals surface area (Å²) < 4.78 is 24.7. The summed E-state index contributed by atoms with van der Waals surface area (Å²) in [5.74, 6) is -0.987. The Morgan fingerprint density at radius 2 is 1.85 bits per heavy atom. The van der Waals surface area contributed by atoms with E-state index in [1.165, 1.54) is 12.1 Å². The lowest BCUT2D eigenvalue weighted by Crippen LogP contribution is -2.47. The molecule has 0 N–H and O–H groups in total. The highest BCUT2D eigenvalue weighted by atomic mass is 19.1. The van der Waals surface area contributed by atoms with E-state index in [1.807, 2.05) is 0 Å². The van der Waals surface area contributed by atoms with E-state index in [0.717, 1.165) is 5.56 Å². The van der Waals surface area contributed by atoms with Gasteiger partial charge < -0.3 is 14.4 Å². The van der Waals surface area contributed by atoms with E-state index < -0.39 is 5.79 Å². The number of benzene rings is 1. The summed E-state index contributed by atoms with van der Waals surface area (Å²) in [6.07, 6.45) is 1.35. The molecule has 0 radical (unpaired) electrons. The summed E-state index contributed by atoms with van der Waals surface area (Å²) in [5.41, 5.74) is 1.16. The summed E-state index contributed by atoms with van der Waals surface area (Å²) >= 11 is 0. The fourth-order valence-corrected chi connectivity index (χ4v) is 2.88. The number of nitrogens with zero attached hydrogens (tertiary/aromatic N) is 1. The van der Waals surface area contributed by atoms with Crippen LogP contribution in [0, 0.1) is 12.7 Å². The number of ether oxygens (including phenoxy) is 2. The minimum absolute atomic E-state index is 0.125. The number of aryl methyl sites for hydroxylation is 1. The molecule has 2 fully saturated rings. The second-order valence-corrected chi connectivity index (χ2v) is 5.42. The van der Waals surface area contributed by atoms with Gasteiger partial charge in [0.2, 0.25) is 0 Å². The third-order valence-corrected chi connectivity index (χ3v) is 3.92. The van der Waals surface area contributed by atoms with Crippen molar-refractivity contribution in [3.63, 3.8) is 0 Å². The fraction of sp³-hybridized carbons (Fsp3) is 0.533. The molecule has 1 aromatic carbocycles.